The molecule has 1 N–H and O–H groups in total. The van der Waals surface area contributed by atoms with Crippen molar-refractivity contribution in [3.63, 3.8) is 0 Å². The van der Waals surface area contributed by atoms with Crippen LogP contribution >= 0.6 is 0 Å². The van der Waals surface area contributed by atoms with E-state index in [9.17, 15) is 0 Å². The van der Waals surface area contributed by atoms with Gasteiger partial charge in [0.2, 0.25) is 0 Å². The van der Waals surface area contributed by atoms with Gasteiger partial charge in [0.1, 0.15) is 11.9 Å². The molecule has 82 valence electrons. The van der Waals surface area contributed by atoms with E-state index in [1.807, 2.05) is 24.3 Å². The summed E-state index contributed by atoms with van der Waals surface area (Å²) in [6.45, 7) is 4.40. The topological polar surface area (TPSA) is 30.5 Å². The molecule has 0 unspecified atom stereocenters. The van der Waals surface area contributed by atoms with Crippen LogP contribution in [-0.4, -0.2) is 25.9 Å². The van der Waals surface area contributed by atoms with Crippen molar-refractivity contribution >= 4 is 5.69 Å². The lowest BCUT2D eigenvalue weighted by molar-refractivity contribution is 0.0535. The first-order valence-corrected chi connectivity index (χ1v) is 5.47. The predicted octanol–water partition coefficient (Wildman–Crippen LogP) is 2.29. The van der Waals surface area contributed by atoms with E-state index in [1.165, 1.54) is 0 Å². The maximum Gasteiger partial charge on any atom is 0.143 e. The molecule has 1 aliphatic heterocycles. The van der Waals surface area contributed by atoms with Gasteiger partial charge in [-0.1, -0.05) is 19.1 Å². The van der Waals surface area contributed by atoms with Crippen molar-refractivity contribution in [2.24, 2.45) is 0 Å². The molecule has 3 heteroatoms. The summed E-state index contributed by atoms with van der Waals surface area (Å²) in [6, 6.07) is 7.99. The van der Waals surface area contributed by atoms with Gasteiger partial charge in [0, 0.05) is 6.61 Å². The second kappa shape index (κ2) is 5.03. The quantitative estimate of drug-likeness (QED) is 0.768. The monoisotopic (exact) mass is 207 g/mol. The summed E-state index contributed by atoms with van der Waals surface area (Å²) in [6.07, 6.45) is 1.18. The Labute approximate surface area is 90.4 Å². The lowest BCUT2D eigenvalue weighted by Gasteiger charge is -2.27. The van der Waals surface area contributed by atoms with Gasteiger partial charge in [-0.25, -0.2) is 0 Å². The number of anilines is 1. The van der Waals surface area contributed by atoms with Crippen molar-refractivity contribution in [3.8, 4) is 5.75 Å². The third-order valence-corrected chi connectivity index (χ3v) is 2.35. The normalized spacial score (nSPS) is 18.9. The van der Waals surface area contributed by atoms with Crippen molar-refractivity contribution in [1.82, 2.24) is 0 Å². The number of hydrogen-bond donors (Lipinski definition) is 1. The minimum atomic E-state index is 0.131. The predicted molar refractivity (Wildman–Crippen MR) is 60.5 cm³/mol. The molecule has 3 nitrogen and oxygen atoms in total. The first kappa shape index (κ1) is 10.3. The third kappa shape index (κ3) is 2.63. The van der Waals surface area contributed by atoms with Crippen molar-refractivity contribution in [2.75, 3.05) is 25.1 Å². The van der Waals surface area contributed by atoms with Crippen LogP contribution in [0, 0.1) is 0 Å². The zero-order chi connectivity index (χ0) is 10.5. The fourth-order valence-corrected chi connectivity index (χ4v) is 1.61. The SMILES string of the molecule is CCCOC[C@H]1CNc2ccccc2O1. The molecular weight excluding hydrogens is 190 g/mol. The number of fused-ring (bicyclic) bond motifs is 1. The van der Waals surface area contributed by atoms with Crippen LogP contribution in [-0.2, 0) is 4.74 Å². The summed E-state index contributed by atoms with van der Waals surface area (Å²) in [7, 11) is 0. The van der Waals surface area contributed by atoms with E-state index >= 15 is 0 Å². The largest absolute Gasteiger partial charge is 0.484 e. The standard InChI is InChI=1S/C12H17NO2/c1-2-7-14-9-10-8-13-11-5-3-4-6-12(11)15-10/h3-6,10,13H,2,7-9H2,1H3/t10-/m1/s1. The van der Waals surface area contributed by atoms with Gasteiger partial charge >= 0.3 is 0 Å². The fraction of sp³-hybridized carbons (Fsp3) is 0.500. The van der Waals surface area contributed by atoms with Gasteiger partial charge < -0.3 is 14.8 Å². The minimum absolute atomic E-state index is 0.131. The summed E-state index contributed by atoms with van der Waals surface area (Å²) >= 11 is 0. The van der Waals surface area contributed by atoms with Gasteiger partial charge in [-0.3, -0.25) is 0 Å². The fourth-order valence-electron chi connectivity index (χ4n) is 1.61. The smallest absolute Gasteiger partial charge is 0.143 e. The molecule has 1 aromatic rings. The molecule has 0 fully saturated rings. The van der Waals surface area contributed by atoms with Gasteiger partial charge in [0.15, 0.2) is 0 Å². The maximum atomic E-state index is 5.79. The van der Waals surface area contributed by atoms with E-state index in [0.29, 0.717) is 6.61 Å². The summed E-state index contributed by atoms with van der Waals surface area (Å²) in [5.74, 6) is 0.925. The van der Waals surface area contributed by atoms with Crippen molar-refractivity contribution in [2.45, 2.75) is 19.4 Å². The van der Waals surface area contributed by atoms with E-state index in [0.717, 1.165) is 31.0 Å². The zero-order valence-electron chi connectivity index (χ0n) is 9.03. The summed E-state index contributed by atoms with van der Waals surface area (Å²) in [5.41, 5.74) is 1.07. The Morgan fingerprint density at radius 1 is 1.47 bits per heavy atom. The lowest BCUT2D eigenvalue weighted by atomic mass is 10.2. The molecule has 2 rings (SSSR count). The third-order valence-electron chi connectivity index (χ3n) is 2.35. The first-order chi connectivity index (χ1) is 7.40. The van der Waals surface area contributed by atoms with Crippen molar-refractivity contribution in [1.29, 1.82) is 0 Å². The summed E-state index contributed by atoms with van der Waals surface area (Å²) < 4.78 is 11.3. The Morgan fingerprint density at radius 2 is 2.33 bits per heavy atom. The molecule has 0 saturated heterocycles. The number of rotatable bonds is 4. The molecular formula is C12H17NO2. The van der Waals surface area contributed by atoms with Crippen LogP contribution in [0.1, 0.15) is 13.3 Å². The van der Waals surface area contributed by atoms with Crippen molar-refractivity contribution in [3.05, 3.63) is 24.3 Å². The molecule has 0 radical (unpaired) electrons. The second-order valence-electron chi connectivity index (χ2n) is 3.69. The first-order valence-electron chi connectivity index (χ1n) is 5.47. The number of hydrogen-bond acceptors (Lipinski definition) is 3. The molecule has 1 heterocycles. The number of ether oxygens (including phenoxy) is 2. The van der Waals surface area contributed by atoms with Crippen LogP contribution in [0.2, 0.25) is 0 Å². The van der Waals surface area contributed by atoms with E-state index < -0.39 is 0 Å². The van der Waals surface area contributed by atoms with Gasteiger partial charge in [0.05, 0.1) is 18.8 Å². The highest BCUT2D eigenvalue weighted by Gasteiger charge is 2.18. The van der Waals surface area contributed by atoms with Gasteiger partial charge in [0.25, 0.3) is 0 Å². The highest BCUT2D eigenvalue weighted by Crippen LogP contribution is 2.28. The van der Waals surface area contributed by atoms with Crippen LogP contribution < -0.4 is 10.1 Å². The zero-order valence-corrected chi connectivity index (χ0v) is 9.03. The van der Waals surface area contributed by atoms with Crippen LogP contribution in [0.5, 0.6) is 5.75 Å². The van der Waals surface area contributed by atoms with E-state index in [1.54, 1.807) is 0 Å². The molecule has 0 bridgehead atoms. The molecule has 15 heavy (non-hydrogen) atoms. The second-order valence-corrected chi connectivity index (χ2v) is 3.69. The molecule has 1 aliphatic rings. The Balaban J connectivity index is 1.88. The molecule has 0 aromatic heterocycles. The van der Waals surface area contributed by atoms with E-state index in [-0.39, 0.29) is 6.10 Å². The van der Waals surface area contributed by atoms with E-state index in [4.69, 9.17) is 9.47 Å². The maximum absolute atomic E-state index is 5.79. The summed E-state index contributed by atoms with van der Waals surface area (Å²) in [5, 5.41) is 3.33. The molecule has 1 aromatic carbocycles. The Bertz CT molecular complexity index is 314. The Hall–Kier alpha value is -1.22. The Morgan fingerprint density at radius 3 is 3.20 bits per heavy atom. The molecule has 0 saturated carbocycles. The average molecular weight is 207 g/mol. The highest BCUT2D eigenvalue weighted by atomic mass is 16.5. The van der Waals surface area contributed by atoms with Crippen LogP contribution in [0.3, 0.4) is 0 Å². The molecule has 0 aliphatic carbocycles. The van der Waals surface area contributed by atoms with Gasteiger partial charge in [-0.2, -0.15) is 0 Å². The molecule has 1 atom stereocenters. The lowest BCUT2D eigenvalue weighted by Crippen LogP contribution is -2.34. The molecule has 0 spiro atoms. The van der Waals surface area contributed by atoms with Crippen molar-refractivity contribution < 1.29 is 9.47 Å². The minimum Gasteiger partial charge on any atom is -0.484 e. The molecule has 0 amide bonds. The Kier molecular flexibility index (Phi) is 3.45. The number of benzene rings is 1. The summed E-state index contributed by atoms with van der Waals surface area (Å²) in [4.78, 5) is 0. The van der Waals surface area contributed by atoms with Gasteiger partial charge in [-0.15, -0.1) is 0 Å². The average Bonchev–Trinajstić information content (AvgIpc) is 2.29. The van der Waals surface area contributed by atoms with Crippen LogP contribution in [0.4, 0.5) is 5.69 Å². The van der Waals surface area contributed by atoms with Crippen LogP contribution in [0.25, 0.3) is 0 Å². The van der Waals surface area contributed by atoms with Crippen LogP contribution in [0.15, 0.2) is 24.3 Å². The van der Waals surface area contributed by atoms with E-state index in [2.05, 4.69) is 12.2 Å². The highest BCUT2D eigenvalue weighted by molar-refractivity contribution is 5.57. The number of para-hydroxylation sites is 2. The number of nitrogens with one attached hydrogen (secondary N) is 1. The van der Waals surface area contributed by atoms with Gasteiger partial charge in [-0.05, 0) is 18.6 Å².